The van der Waals surface area contributed by atoms with Gasteiger partial charge in [-0.3, -0.25) is 10.5 Å². The van der Waals surface area contributed by atoms with E-state index in [0.29, 0.717) is 34.8 Å². The molecule has 0 aliphatic heterocycles. The van der Waals surface area contributed by atoms with Crippen LogP contribution in [0.2, 0.25) is 0 Å². The predicted octanol–water partition coefficient (Wildman–Crippen LogP) is 3.71. The molecular weight excluding hydrogens is 366 g/mol. The first kappa shape index (κ1) is 19.4. The normalized spacial score (nSPS) is 15.8. The minimum Gasteiger partial charge on any atom is -0.473 e. The second-order valence-corrected chi connectivity index (χ2v) is 6.83. The van der Waals surface area contributed by atoms with Gasteiger partial charge in [0.05, 0.1) is 5.39 Å². The third-order valence-corrected chi connectivity index (χ3v) is 4.68. The minimum atomic E-state index is -0.808. The van der Waals surface area contributed by atoms with Gasteiger partial charge in [-0.1, -0.05) is 43.2 Å². The molecule has 0 spiro atoms. The lowest BCUT2D eigenvalue weighted by Crippen LogP contribution is -2.40. The van der Waals surface area contributed by atoms with Crippen LogP contribution >= 0.6 is 12.4 Å². The van der Waals surface area contributed by atoms with E-state index in [1.165, 1.54) is 6.07 Å². The molecule has 6 heteroatoms. The average Bonchev–Trinajstić information content (AvgIpc) is 3.46. The number of rotatable bonds is 6. The lowest BCUT2D eigenvalue weighted by Gasteiger charge is -2.20. The lowest BCUT2D eigenvalue weighted by molar-refractivity contribution is 0.0311. The summed E-state index contributed by atoms with van der Waals surface area (Å²) in [7, 11) is 0. The molecule has 0 radical (unpaired) electrons. The Balaban J connectivity index is 0.00000210. The summed E-state index contributed by atoms with van der Waals surface area (Å²) >= 11 is 0. The molecule has 2 aromatic carbocycles. The van der Waals surface area contributed by atoms with E-state index in [1.54, 1.807) is 18.2 Å². The van der Waals surface area contributed by atoms with E-state index in [4.69, 9.17) is 14.9 Å². The van der Waals surface area contributed by atoms with Gasteiger partial charge in [-0.25, -0.2) is 0 Å². The van der Waals surface area contributed by atoms with E-state index < -0.39 is 12.3 Å². The molecule has 1 aliphatic carbocycles. The Kier molecular flexibility index (Phi) is 5.85. The van der Waals surface area contributed by atoms with Crippen molar-refractivity contribution in [1.29, 1.82) is 0 Å². The van der Waals surface area contributed by atoms with Crippen molar-refractivity contribution in [2.75, 3.05) is 0 Å². The summed E-state index contributed by atoms with van der Waals surface area (Å²) in [6.45, 7) is 0. The van der Waals surface area contributed by atoms with Gasteiger partial charge in [0.2, 0.25) is 0 Å². The Hall–Kier alpha value is -2.34. The van der Waals surface area contributed by atoms with Crippen molar-refractivity contribution in [3.8, 4) is 17.1 Å². The minimum absolute atomic E-state index is 0. The maximum atomic E-state index is 12.4. The number of fused-ring (bicyclic) bond motifs is 1. The summed E-state index contributed by atoms with van der Waals surface area (Å²) in [6.07, 6.45) is 1.43. The number of aliphatic hydroxyl groups is 1. The van der Waals surface area contributed by atoms with Crippen LogP contribution in [0.1, 0.15) is 19.3 Å². The number of aliphatic hydroxyl groups excluding tert-OH is 1. The summed E-state index contributed by atoms with van der Waals surface area (Å²) in [5, 5.41) is 10.6. The topological polar surface area (TPSA) is 85.7 Å². The van der Waals surface area contributed by atoms with E-state index in [0.717, 1.165) is 18.4 Å². The van der Waals surface area contributed by atoms with Crippen molar-refractivity contribution in [1.82, 2.24) is 0 Å². The molecule has 5 nitrogen and oxygen atoms in total. The number of halogens is 1. The smallest absolute Gasteiger partial charge is 0.193 e. The molecule has 1 aliphatic rings. The third kappa shape index (κ3) is 4.50. The molecule has 2 unspecified atom stereocenters. The SMILES string of the molecule is Cl.NC(Oc1ccc2c(=O)cc(-c3ccccc3)oc2c1)C(O)CC1CC1. The van der Waals surface area contributed by atoms with E-state index in [9.17, 15) is 9.90 Å². The van der Waals surface area contributed by atoms with Crippen LogP contribution in [-0.2, 0) is 0 Å². The Morgan fingerprint density at radius 2 is 1.89 bits per heavy atom. The molecule has 2 atom stereocenters. The molecule has 1 fully saturated rings. The van der Waals surface area contributed by atoms with Crippen LogP contribution in [0.5, 0.6) is 5.75 Å². The number of benzene rings is 2. The molecule has 0 saturated heterocycles. The van der Waals surface area contributed by atoms with Gasteiger partial charge in [0, 0.05) is 17.7 Å². The molecule has 3 aromatic rings. The fraction of sp³-hybridized carbons (Fsp3) is 0.286. The Morgan fingerprint density at radius 3 is 2.59 bits per heavy atom. The van der Waals surface area contributed by atoms with Crippen molar-refractivity contribution >= 4 is 23.4 Å². The highest BCUT2D eigenvalue weighted by Crippen LogP contribution is 2.34. The molecule has 1 heterocycles. The first-order valence-corrected chi connectivity index (χ1v) is 8.84. The lowest BCUT2D eigenvalue weighted by atomic mass is 10.1. The van der Waals surface area contributed by atoms with Crippen LogP contribution in [0, 0.1) is 5.92 Å². The molecule has 1 aromatic heterocycles. The Morgan fingerprint density at radius 1 is 1.15 bits per heavy atom. The van der Waals surface area contributed by atoms with E-state index in [-0.39, 0.29) is 17.8 Å². The van der Waals surface area contributed by atoms with Crippen molar-refractivity contribution < 1.29 is 14.3 Å². The molecule has 142 valence electrons. The molecule has 27 heavy (non-hydrogen) atoms. The van der Waals surface area contributed by atoms with Crippen molar-refractivity contribution in [2.24, 2.45) is 11.7 Å². The number of nitrogens with two attached hydrogens (primary N) is 1. The van der Waals surface area contributed by atoms with E-state index >= 15 is 0 Å². The monoisotopic (exact) mass is 387 g/mol. The van der Waals surface area contributed by atoms with Gasteiger partial charge >= 0.3 is 0 Å². The van der Waals surface area contributed by atoms with Gasteiger partial charge in [0.25, 0.3) is 0 Å². The molecular formula is C21H22ClNO4. The maximum Gasteiger partial charge on any atom is 0.193 e. The van der Waals surface area contributed by atoms with Crippen molar-refractivity contribution in [2.45, 2.75) is 31.6 Å². The summed E-state index contributed by atoms with van der Waals surface area (Å²) in [5.74, 6) is 1.52. The van der Waals surface area contributed by atoms with Gasteiger partial charge < -0.3 is 14.3 Å². The zero-order valence-electron chi connectivity index (χ0n) is 14.7. The first-order chi connectivity index (χ1) is 12.6. The fourth-order valence-electron chi connectivity index (χ4n) is 3.02. The zero-order valence-corrected chi connectivity index (χ0v) is 15.5. The highest BCUT2D eigenvalue weighted by Gasteiger charge is 2.28. The number of ether oxygens (including phenoxy) is 1. The molecule has 1 saturated carbocycles. The summed E-state index contributed by atoms with van der Waals surface area (Å²) in [6, 6.07) is 15.9. The second-order valence-electron chi connectivity index (χ2n) is 6.83. The Labute approximate surface area is 163 Å². The fourth-order valence-corrected chi connectivity index (χ4v) is 3.02. The highest BCUT2D eigenvalue weighted by molar-refractivity contribution is 5.85. The number of hydrogen-bond acceptors (Lipinski definition) is 5. The average molecular weight is 388 g/mol. The summed E-state index contributed by atoms with van der Waals surface area (Å²) in [5.41, 5.74) is 7.10. The van der Waals surface area contributed by atoms with Crippen molar-refractivity contribution in [3.05, 3.63) is 64.8 Å². The quantitative estimate of drug-likeness (QED) is 0.630. The van der Waals surface area contributed by atoms with Crippen LogP contribution in [0.25, 0.3) is 22.3 Å². The molecule has 0 amide bonds. The highest BCUT2D eigenvalue weighted by atomic mass is 35.5. The van der Waals surface area contributed by atoms with Crippen LogP contribution in [0.3, 0.4) is 0 Å². The summed E-state index contributed by atoms with van der Waals surface area (Å²) in [4.78, 5) is 12.4. The van der Waals surface area contributed by atoms with Gasteiger partial charge in [-0.05, 0) is 24.5 Å². The maximum absolute atomic E-state index is 12.4. The third-order valence-electron chi connectivity index (χ3n) is 4.68. The Bertz CT molecular complexity index is 969. The van der Waals surface area contributed by atoms with E-state index in [1.807, 2.05) is 30.3 Å². The standard InChI is InChI=1S/C21H21NO4.ClH/c22-21(18(24)10-13-6-7-13)25-15-8-9-16-17(23)12-19(26-20(16)11-15)14-4-2-1-3-5-14;/h1-5,8-9,11-13,18,21,24H,6-7,10,22H2;1H. The summed E-state index contributed by atoms with van der Waals surface area (Å²) < 4.78 is 11.6. The van der Waals surface area contributed by atoms with Gasteiger partial charge in [-0.15, -0.1) is 12.4 Å². The van der Waals surface area contributed by atoms with Crippen LogP contribution in [0.4, 0.5) is 0 Å². The molecule has 3 N–H and O–H groups in total. The van der Waals surface area contributed by atoms with Gasteiger partial charge in [0.1, 0.15) is 23.2 Å². The van der Waals surface area contributed by atoms with Gasteiger partial charge in [-0.2, -0.15) is 0 Å². The van der Waals surface area contributed by atoms with Crippen LogP contribution in [-0.4, -0.2) is 17.4 Å². The number of hydrogen-bond donors (Lipinski definition) is 2. The first-order valence-electron chi connectivity index (χ1n) is 8.84. The predicted molar refractivity (Wildman–Crippen MR) is 107 cm³/mol. The molecule has 4 rings (SSSR count). The second kappa shape index (κ2) is 8.13. The van der Waals surface area contributed by atoms with E-state index in [2.05, 4.69) is 0 Å². The van der Waals surface area contributed by atoms with Crippen LogP contribution in [0.15, 0.2) is 63.8 Å². The van der Waals surface area contributed by atoms with Crippen LogP contribution < -0.4 is 15.9 Å². The molecule has 0 bridgehead atoms. The zero-order chi connectivity index (χ0) is 18.1. The van der Waals surface area contributed by atoms with Crippen molar-refractivity contribution in [3.63, 3.8) is 0 Å². The largest absolute Gasteiger partial charge is 0.473 e. The van der Waals surface area contributed by atoms with Gasteiger partial charge in [0.15, 0.2) is 11.7 Å².